The van der Waals surface area contributed by atoms with E-state index in [0.717, 1.165) is 12.8 Å². The monoisotopic (exact) mass is 268 g/mol. The van der Waals surface area contributed by atoms with Crippen molar-refractivity contribution in [2.45, 2.75) is 25.4 Å². The summed E-state index contributed by atoms with van der Waals surface area (Å²) >= 11 is 0. The van der Waals surface area contributed by atoms with Crippen LogP contribution in [0.3, 0.4) is 0 Å². The first-order valence-corrected chi connectivity index (χ1v) is 6.04. The van der Waals surface area contributed by atoms with Crippen LogP contribution in [-0.4, -0.2) is 53.2 Å². The summed E-state index contributed by atoms with van der Waals surface area (Å²) in [5.74, 6) is -0.732. The third-order valence-corrected chi connectivity index (χ3v) is 2.83. The minimum absolute atomic E-state index is 0.0291. The summed E-state index contributed by atoms with van der Waals surface area (Å²) in [6.07, 6.45) is 3.02. The van der Waals surface area contributed by atoms with Crippen LogP contribution in [0.4, 0.5) is 0 Å². The van der Waals surface area contributed by atoms with Crippen molar-refractivity contribution in [2.75, 3.05) is 20.3 Å². The molecule has 1 saturated heterocycles. The van der Waals surface area contributed by atoms with Crippen molar-refractivity contribution < 1.29 is 19.1 Å². The van der Waals surface area contributed by atoms with Gasteiger partial charge in [-0.05, 0) is 12.8 Å². The summed E-state index contributed by atoms with van der Waals surface area (Å²) in [6.45, 7) is 1.36. The average Bonchev–Trinajstić information content (AvgIpc) is 2.87. The number of esters is 1. The third kappa shape index (κ3) is 3.75. The van der Waals surface area contributed by atoms with Crippen molar-refractivity contribution in [1.82, 2.24) is 20.3 Å². The van der Waals surface area contributed by atoms with E-state index in [0.29, 0.717) is 13.2 Å². The molecular formula is C11H16N4O4. The molecule has 8 heteroatoms. The quantitative estimate of drug-likeness (QED) is 0.730. The van der Waals surface area contributed by atoms with E-state index in [-0.39, 0.29) is 24.2 Å². The van der Waals surface area contributed by atoms with Gasteiger partial charge in [0.05, 0.1) is 13.3 Å². The number of nitrogens with one attached hydrogen (secondary N) is 1. The van der Waals surface area contributed by atoms with Crippen molar-refractivity contribution >= 4 is 11.9 Å². The van der Waals surface area contributed by atoms with E-state index in [1.165, 1.54) is 18.0 Å². The van der Waals surface area contributed by atoms with Gasteiger partial charge in [-0.1, -0.05) is 5.21 Å². The molecule has 104 valence electrons. The highest BCUT2D eigenvalue weighted by atomic mass is 16.5. The topological polar surface area (TPSA) is 95.3 Å². The van der Waals surface area contributed by atoms with Crippen LogP contribution in [0.1, 0.15) is 23.3 Å². The van der Waals surface area contributed by atoms with Crippen molar-refractivity contribution in [2.24, 2.45) is 0 Å². The average molecular weight is 268 g/mol. The second-order valence-electron chi connectivity index (χ2n) is 4.25. The lowest BCUT2D eigenvalue weighted by Crippen LogP contribution is -2.40. The first kappa shape index (κ1) is 13.5. The van der Waals surface area contributed by atoms with E-state index in [1.54, 1.807) is 0 Å². The summed E-state index contributed by atoms with van der Waals surface area (Å²) in [4.78, 5) is 22.9. The number of hydrogen-bond donors (Lipinski definition) is 1. The van der Waals surface area contributed by atoms with Crippen LogP contribution in [0.15, 0.2) is 6.20 Å². The number of nitrogens with zero attached hydrogens (tertiary/aromatic N) is 3. The van der Waals surface area contributed by atoms with Gasteiger partial charge in [0.2, 0.25) is 5.91 Å². The van der Waals surface area contributed by atoms with Gasteiger partial charge in [0.1, 0.15) is 6.54 Å². The van der Waals surface area contributed by atoms with Gasteiger partial charge in [0.25, 0.3) is 0 Å². The SMILES string of the molecule is COC(=O)c1cn(CC(=O)NC2CCOCC2)nn1. The number of carbonyl (C=O) groups is 2. The lowest BCUT2D eigenvalue weighted by molar-refractivity contribution is -0.123. The van der Waals surface area contributed by atoms with Crippen molar-refractivity contribution in [3.8, 4) is 0 Å². The van der Waals surface area contributed by atoms with Gasteiger partial charge < -0.3 is 14.8 Å². The molecule has 0 saturated carbocycles. The highest BCUT2D eigenvalue weighted by Crippen LogP contribution is 2.06. The molecule has 1 N–H and O–H groups in total. The van der Waals surface area contributed by atoms with Crippen LogP contribution >= 0.6 is 0 Å². The number of methoxy groups -OCH3 is 1. The highest BCUT2D eigenvalue weighted by molar-refractivity contribution is 5.86. The summed E-state index contributed by atoms with van der Waals surface area (Å²) in [6, 6.07) is 0.143. The van der Waals surface area contributed by atoms with Crippen LogP contribution in [-0.2, 0) is 20.8 Å². The zero-order chi connectivity index (χ0) is 13.7. The molecule has 8 nitrogen and oxygen atoms in total. The molecule has 1 aliphatic rings. The second-order valence-corrected chi connectivity index (χ2v) is 4.25. The lowest BCUT2D eigenvalue weighted by atomic mass is 10.1. The number of ether oxygens (including phenoxy) is 2. The molecule has 2 heterocycles. The minimum atomic E-state index is -0.573. The van der Waals surface area contributed by atoms with Crippen molar-refractivity contribution in [3.63, 3.8) is 0 Å². The molecule has 0 atom stereocenters. The fourth-order valence-corrected chi connectivity index (χ4v) is 1.84. The van der Waals surface area contributed by atoms with Gasteiger partial charge in [-0.2, -0.15) is 0 Å². The molecule has 1 aromatic heterocycles. The molecule has 0 radical (unpaired) electrons. The zero-order valence-electron chi connectivity index (χ0n) is 10.7. The van der Waals surface area contributed by atoms with Gasteiger partial charge in [0, 0.05) is 19.3 Å². The smallest absolute Gasteiger partial charge is 0.360 e. The molecule has 0 aliphatic carbocycles. The maximum absolute atomic E-state index is 11.8. The number of carbonyl (C=O) groups excluding carboxylic acids is 2. The van der Waals surface area contributed by atoms with Gasteiger partial charge in [-0.3, -0.25) is 4.79 Å². The van der Waals surface area contributed by atoms with Crippen LogP contribution in [0.2, 0.25) is 0 Å². The van der Waals surface area contributed by atoms with E-state index in [1.807, 2.05) is 0 Å². The number of amides is 1. The van der Waals surface area contributed by atoms with Gasteiger partial charge in [-0.15, -0.1) is 5.10 Å². The van der Waals surface area contributed by atoms with Crippen LogP contribution in [0.5, 0.6) is 0 Å². The molecule has 1 aliphatic heterocycles. The maximum atomic E-state index is 11.8. The molecule has 0 bridgehead atoms. The molecule has 0 aromatic carbocycles. The number of rotatable bonds is 4. The van der Waals surface area contributed by atoms with Gasteiger partial charge >= 0.3 is 5.97 Å². The Morgan fingerprint density at radius 3 is 2.95 bits per heavy atom. The summed E-state index contributed by atoms with van der Waals surface area (Å²) in [7, 11) is 1.26. The summed E-state index contributed by atoms with van der Waals surface area (Å²) < 4.78 is 11.0. The van der Waals surface area contributed by atoms with E-state index in [4.69, 9.17) is 4.74 Å². The Morgan fingerprint density at radius 2 is 2.26 bits per heavy atom. The predicted octanol–water partition coefficient (Wildman–Crippen LogP) is -0.640. The van der Waals surface area contributed by atoms with E-state index < -0.39 is 5.97 Å². The standard InChI is InChI=1S/C11H16N4O4/c1-18-11(17)9-6-15(14-13-9)7-10(16)12-8-2-4-19-5-3-8/h6,8H,2-5,7H2,1H3,(H,12,16). The molecule has 0 unspecified atom stereocenters. The molecule has 1 aromatic rings. The van der Waals surface area contributed by atoms with Crippen LogP contribution in [0.25, 0.3) is 0 Å². The van der Waals surface area contributed by atoms with E-state index in [2.05, 4.69) is 20.4 Å². The van der Waals surface area contributed by atoms with Gasteiger partial charge in [0.15, 0.2) is 5.69 Å². The second kappa shape index (κ2) is 6.28. The third-order valence-electron chi connectivity index (χ3n) is 2.83. The lowest BCUT2D eigenvalue weighted by Gasteiger charge is -2.22. The first-order valence-electron chi connectivity index (χ1n) is 6.04. The van der Waals surface area contributed by atoms with Crippen molar-refractivity contribution in [1.29, 1.82) is 0 Å². The normalized spacial score (nSPS) is 16.1. The number of hydrogen-bond acceptors (Lipinski definition) is 6. The maximum Gasteiger partial charge on any atom is 0.360 e. The molecule has 0 spiro atoms. The van der Waals surface area contributed by atoms with E-state index >= 15 is 0 Å². The highest BCUT2D eigenvalue weighted by Gasteiger charge is 2.17. The fourth-order valence-electron chi connectivity index (χ4n) is 1.84. The Hall–Kier alpha value is -1.96. The van der Waals surface area contributed by atoms with Crippen LogP contribution in [0, 0.1) is 0 Å². The van der Waals surface area contributed by atoms with Crippen molar-refractivity contribution in [3.05, 3.63) is 11.9 Å². The Kier molecular flexibility index (Phi) is 4.45. The zero-order valence-corrected chi connectivity index (χ0v) is 10.7. The Labute approximate surface area is 110 Å². The number of aromatic nitrogens is 3. The molecule has 1 fully saturated rings. The molecular weight excluding hydrogens is 252 g/mol. The molecule has 1 amide bonds. The largest absolute Gasteiger partial charge is 0.464 e. The fraction of sp³-hybridized carbons (Fsp3) is 0.636. The van der Waals surface area contributed by atoms with E-state index in [9.17, 15) is 9.59 Å². The van der Waals surface area contributed by atoms with Gasteiger partial charge in [-0.25, -0.2) is 9.48 Å². The van der Waals surface area contributed by atoms with Crippen LogP contribution < -0.4 is 5.32 Å². The summed E-state index contributed by atoms with van der Waals surface area (Å²) in [5, 5.41) is 10.2. The first-order chi connectivity index (χ1) is 9.19. The predicted molar refractivity (Wildman–Crippen MR) is 63.3 cm³/mol. The Bertz CT molecular complexity index is 453. The minimum Gasteiger partial charge on any atom is -0.464 e. The Balaban J connectivity index is 1.84. The summed E-state index contributed by atoms with van der Waals surface area (Å²) in [5.41, 5.74) is 0.0846. The Morgan fingerprint density at radius 1 is 1.53 bits per heavy atom. The molecule has 2 rings (SSSR count). The molecule has 19 heavy (non-hydrogen) atoms.